The lowest BCUT2D eigenvalue weighted by Gasteiger charge is -2.29. The number of methoxy groups -OCH3 is 1. The molecule has 8 heteroatoms. The zero-order valence-corrected chi connectivity index (χ0v) is 17.8. The van der Waals surface area contributed by atoms with Crippen LogP contribution in [0.25, 0.3) is 0 Å². The highest BCUT2D eigenvalue weighted by Gasteiger charge is 2.22. The topological polar surface area (TPSA) is 88.1 Å². The zero-order valence-electron chi connectivity index (χ0n) is 17.0. The number of rotatable bonds is 7. The van der Waals surface area contributed by atoms with E-state index >= 15 is 0 Å². The van der Waals surface area contributed by atoms with Crippen molar-refractivity contribution in [1.29, 1.82) is 0 Å². The number of benzene rings is 2. The third-order valence-electron chi connectivity index (χ3n) is 5.19. The number of nitrogens with one attached hydrogen (secondary N) is 1. The van der Waals surface area contributed by atoms with Crippen LogP contribution in [-0.4, -0.2) is 53.5 Å². The van der Waals surface area contributed by atoms with Gasteiger partial charge in [-0.15, -0.1) is 0 Å². The first-order valence-electron chi connectivity index (χ1n) is 9.57. The summed E-state index contributed by atoms with van der Waals surface area (Å²) >= 11 is 0. The molecule has 3 rings (SSSR count). The van der Waals surface area contributed by atoms with Crippen molar-refractivity contribution in [3.8, 4) is 5.75 Å². The van der Waals surface area contributed by atoms with Gasteiger partial charge in [0.1, 0.15) is 10.6 Å². The van der Waals surface area contributed by atoms with Gasteiger partial charge in [0.05, 0.1) is 26.4 Å². The molecule has 7 nitrogen and oxygen atoms in total. The lowest BCUT2D eigenvalue weighted by Crippen LogP contribution is -2.36. The van der Waals surface area contributed by atoms with E-state index in [1.54, 1.807) is 12.1 Å². The second-order valence-corrected chi connectivity index (χ2v) is 8.88. The number of aliphatic hydroxyl groups excluding tert-OH is 1. The third-order valence-corrected chi connectivity index (χ3v) is 6.64. The van der Waals surface area contributed by atoms with Crippen molar-refractivity contribution in [3.05, 3.63) is 53.1 Å². The molecular formula is C21H28N2O5S. The molecule has 2 aromatic rings. The molecule has 1 saturated heterocycles. The Morgan fingerprint density at radius 1 is 1.14 bits per heavy atom. The Labute approximate surface area is 172 Å². The summed E-state index contributed by atoms with van der Waals surface area (Å²) in [5, 5.41) is 10.5. The second kappa shape index (κ2) is 9.13. The molecule has 1 atom stereocenters. The summed E-state index contributed by atoms with van der Waals surface area (Å²) in [5.41, 5.74) is 3.51. The summed E-state index contributed by atoms with van der Waals surface area (Å²) < 4.78 is 38.6. The average molecular weight is 421 g/mol. The molecule has 0 aromatic heterocycles. The SMILES string of the molecule is COc1cc(C)c(C)cc1S(=O)(=O)NCC(O)c1ccc(N2CCOCC2)cc1. The van der Waals surface area contributed by atoms with Crippen molar-refractivity contribution < 1.29 is 23.0 Å². The van der Waals surface area contributed by atoms with Crippen LogP contribution in [0.3, 0.4) is 0 Å². The number of ether oxygens (including phenoxy) is 2. The summed E-state index contributed by atoms with van der Waals surface area (Å²) in [4.78, 5) is 2.28. The van der Waals surface area contributed by atoms with E-state index in [-0.39, 0.29) is 17.2 Å². The molecule has 2 aromatic carbocycles. The highest BCUT2D eigenvalue weighted by molar-refractivity contribution is 7.89. The molecule has 0 amide bonds. The first-order valence-corrected chi connectivity index (χ1v) is 11.1. The Balaban J connectivity index is 1.68. The Hall–Kier alpha value is -2.13. The van der Waals surface area contributed by atoms with Crippen LogP contribution in [-0.2, 0) is 14.8 Å². The highest BCUT2D eigenvalue weighted by Crippen LogP contribution is 2.27. The predicted molar refractivity (Wildman–Crippen MR) is 112 cm³/mol. The number of nitrogens with zero attached hydrogens (tertiary/aromatic N) is 1. The molecule has 0 spiro atoms. The molecule has 1 heterocycles. The number of anilines is 1. The Kier molecular flexibility index (Phi) is 6.79. The van der Waals surface area contributed by atoms with Gasteiger partial charge in [0.15, 0.2) is 0 Å². The van der Waals surface area contributed by atoms with Gasteiger partial charge in [0.2, 0.25) is 10.0 Å². The summed E-state index contributed by atoms with van der Waals surface area (Å²) in [6.07, 6.45) is -0.957. The van der Waals surface area contributed by atoms with Crippen LogP contribution in [0.5, 0.6) is 5.75 Å². The first kappa shape index (κ1) is 21.6. The van der Waals surface area contributed by atoms with E-state index in [2.05, 4.69) is 9.62 Å². The molecule has 1 aliphatic heterocycles. The third kappa shape index (κ3) is 5.08. The van der Waals surface area contributed by atoms with Gasteiger partial charge in [0, 0.05) is 25.3 Å². The van der Waals surface area contributed by atoms with Gasteiger partial charge in [-0.2, -0.15) is 0 Å². The maximum Gasteiger partial charge on any atom is 0.244 e. The van der Waals surface area contributed by atoms with Crippen molar-refractivity contribution in [1.82, 2.24) is 4.72 Å². The predicted octanol–water partition coefficient (Wildman–Crippen LogP) is 2.16. The molecule has 0 radical (unpaired) electrons. The maximum atomic E-state index is 12.8. The van der Waals surface area contributed by atoms with Crippen molar-refractivity contribution >= 4 is 15.7 Å². The van der Waals surface area contributed by atoms with Crippen LogP contribution in [0, 0.1) is 13.8 Å². The number of hydrogen-bond acceptors (Lipinski definition) is 6. The van der Waals surface area contributed by atoms with Gasteiger partial charge in [-0.3, -0.25) is 0 Å². The minimum atomic E-state index is -3.83. The standard InChI is InChI=1S/C21H28N2O5S/c1-15-12-20(27-3)21(13-16(15)2)29(25,26)22-14-19(24)17-4-6-18(7-5-17)23-8-10-28-11-9-23/h4-7,12-13,19,22,24H,8-11,14H2,1-3H3. The van der Waals surface area contributed by atoms with E-state index in [9.17, 15) is 13.5 Å². The van der Waals surface area contributed by atoms with Crippen molar-refractivity contribution in [2.24, 2.45) is 0 Å². The fourth-order valence-electron chi connectivity index (χ4n) is 3.25. The molecule has 1 fully saturated rings. The minimum Gasteiger partial charge on any atom is -0.495 e. The molecule has 1 unspecified atom stereocenters. The Bertz CT molecular complexity index is 938. The van der Waals surface area contributed by atoms with Crippen molar-refractivity contribution in [3.63, 3.8) is 0 Å². The fraction of sp³-hybridized carbons (Fsp3) is 0.429. The van der Waals surface area contributed by atoms with Crippen LogP contribution in [0.4, 0.5) is 5.69 Å². The quantitative estimate of drug-likeness (QED) is 0.714. The minimum absolute atomic E-state index is 0.0676. The molecule has 0 aliphatic carbocycles. The molecule has 0 bridgehead atoms. The van der Waals surface area contributed by atoms with Crippen LogP contribution < -0.4 is 14.4 Å². The lowest BCUT2D eigenvalue weighted by atomic mass is 10.1. The van der Waals surface area contributed by atoms with E-state index in [1.807, 2.05) is 38.1 Å². The summed E-state index contributed by atoms with van der Waals surface area (Å²) in [6, 6.07) is 10.8. The Morgan fingerprint density at radius 2 is 1.76 bits per heavy atom. The van der Waals surface area contributed by atoms with Crippen molar-refractivity contribution in [2.75, 3.05) is 44.9 Å². The molecule has 2 N–H and O–H groups in total. The summed E-state index contributed by atoms with van der Waals surface area (Å²) in [5.74, 6) is 0.282. The number of morpholine rings is 1. The van der Waals surface area contributed by atoms with Gasteiger partial charge in [-0.05, 0) is 54.8 Å². The van der Waals surface area contributed by atoms with Gasteiger partial charge >= 0.3 is 0 Å². The largest absolute Gasteiger partial charge is 0.495 e. The van der Waals surface area contributed by atoms with Gasteiger partial charge in [0.25, 0.3) is 0 Å². The van der Waals surface area contributed by atoms with Crippen LogP contribution in [0.2, 0.25) is 0 Å². The van der Waals surface area contributed by atoms with E-state index in [1.165, 1.54) is 7.11 Å². The van der Waals surface area contributed by atoms with Crippen LogP contribution in [0.1, 0.15) is 22.8 Å². The molecule has 29 heavy (non-hydrogen) atoms. The average Bonchev–Trinajstić information content (AvgIpc) is 2.74. The van der Waals surface area contributed by atoms with E-state index in [0.717, 1.165) is 29.9 Å². The monoisotopic (exact) mass is 420 g/mol. The Morgan fingerprint density at radius 3 is 2.38 bits per heavy atom. The van der Waals surface area contributed by atoms with Crippen molar-refractivity contribution in [2.45, 2.75) is 24.8 Å². The van der Waals surface area contributed by atoms with E-state index < -0.39 is 16.1 Å². The lowest BCUT2D eigenvalue weighted by molar-refractivity contribution is 0.122. The van der Waals surface area contributed by atoms with Gasteiger partial charge in [-0.1, -0.05) is 12.1 Å². The number of aliphatic hydroxyl groups is 1. The molecule has 1 aliphatic rings. The van der Waals surface area contributed by atoms with Gasteiger partial charge in [-0.25, -0.2) is 13.1 Å². The fourth-order valence-corrected chi connectivity index (χ4v) is 4.52. The first-order chi connectivity index (χ1) is 13.8. The molecule has 0 saturated carbocycles. The zero-order chi connectivity index (χ0) is 21.0. The smallest absolute Gasteiger partial charge is 0.244 e. The molecule has 158 valence electrons. The number of hydrogen-bond donors (Lipinski definition) is 2. The molecular weight excluding hydrogens is 392 g/mol. The summed E-state index contributed by atoms with van der Waals surface area (Å²) in [7, 11) is -2.39. The summed E-state index contributed by atoms with van der Waals surface area (Å²) in [6.45, 7) is 6.68. The highest BCUT2D eigenvalue weighted by atomic mass is 32.2. The van der Waals surface area contributed by atoms with E-state index in [4.69, 9.17) is 9.47 Å². The van der Waals surface area contributed by atoms with Crippen LogP contribution in [0.15, 0.2) is 41.3 Å². The van der Waals surface area contributed by atoms with Crippen LogP contribution >= 0.6 is 0 Å². The van der Waals surface area contributed by atoms with Gasteiger partial charge < -0.3 is 19.5 Å². The second-order valence-electron chi connectivity index (χ2n) is 7.15. The number of aryl methyl sites for hydroxylation is 2. The number of sulfonamides is 1. The normalized spacial score (nSPS) is 15.9. The maximum absolute atomic E-state index is 12.8. The van der Waals surface area contributed by atoms with E-state index in [0.29, 0.717) is 18.8 Å².